The maximum atomic E-state index is 11.4. The smallest absolute Gasteiger partial charge is 0.335 e. The molecule has 0 aromatic heterocycles. The Labute approximate surface area is 264 Å². The van der Waals surface area contributed by atoms with Crippen molar-refractivity contribution in [1.29, 1.82) is 0 Å². The molecule has 0 unspecified atom stereocenters. The monoisotopic (exact) mass is 654 g/mol. The molecule has 46 heavy (non-hydrogen) atoms. The van der Waals surface area contributed by atoms with E-state index in [-0.39, 0.29) is 22.3 Å². The molecule has 0 radical (unpaired) electrons. The third kappa shape index (κ3) is 7.56. The van der Waals surface area contributed by atoms with Crippen molar-refractivity contribution < 1.29 is 48.7 Å². The van der Waals surface area contributed by atoms with Crippen LogP contribution in [-0.4, -0.2) is 44.3 Å². The van der Waals surface area contributed by atoms with E-state index in [1.807, 2.05) is 0 Å². The van der Waals surface area contributed by atoms with Crippen LogP contribution in [0.3, 0.4) is 0 Å². The summed E-state index contributed by atoms with van der Waals surface area (Å²) in [5, 5.41) is 40.1. The second-order valence-corrected chi connectivity index (χ2v) is 13.3. The fourth-order valence-corrected chi connectivity index (χ4v) is 7.61. The lowest BCUT2D eigenvalue weighted by atomic mass is 10.2. The van der Waals surface area contributed by atoms with Gasteiger partial charge in [-0.15, -0.1) is 0 Å². The summed E-state index contributed by atoms with van der Waals surface area (Å²) in [5.74, 6) is -3.44. The van der Waals surface area contributed by atoms with E-state index < -0.39 is 40.2 Å². The molecular formula is C34H24O10P2. The summed E-state index contributed by atoms with van der Waals surface area (Å²) in [6, 6.07) is 31.9. The Kier molecular flexibility index (Phi) is 9.72. The molecule has 0 aliphatic carbocycles. The van der Waals surface area contributed by atoms with E-state index in [0.717, 1.165) is 0 Å². The van der Waals surface area contributed by atoms with Crippen LogP contribution in [0.2, 0.25) is 0 Å². The predicted molar refractivity (Wildman–Crippen MR) is 174 cm³/mol. The summed E-state index contributed by atoms with van der Waals surface area (Å²) in [6.07, 6.45) is 0. The lowest BCUT2D eigenvalue weighted by Gasteiger charge is -2.22. The van der Waals surface area contributed by atoms with E-state index in [9.17, 15) is 39.6 Å². The van der Waals surface area contributed by atoms with Crippen LogP contribution in [0.25, 0.3) is 0 Å². The fourth-order valence-electron chi connectivity index (χ4n) is 4.27. The largest absolute Gasteiger partial charge is 0.478 e. The lowest BCUT2D eigenvalue weighted by Crippen LogP contribution is -2.17. The summed E-state index contributed by atoms with van der Waals surface area (Å²) in [5.41, 5.74) is 0.431. The van der Waals surface area contributed by atoms with Gasteiger partial charge in [-0.3, -0.25) is 0 Å². The maximum Gasteiger partial charge on any atom is 0.335 e. The second-order valence-electron chi connectivity index (χ2n) is 9.65. The minimum Gasteiger partial charge on any atom is -0.478 e. The number of hydrogen-bond donors (Lipinski definition) is 4. The van der Waals surface area contributed by atoms with Crippen LogP contribution < -0.4 is 30.3 Å². The molecule has 0 spiro atoms. The molecule has 0 bridgehead atoms. The molecule has 0 fully saturated rings. The molecule has 0 atom stereocenters. The molecule has 5 rings (SSSR count). The normalized spacial score (nSPS) is 10.8. The zero-order chi connectivity index (χ0) is 32.8. The van der Waals surface area contributed by atoms with E-state index in [1.165, 1.54) is 48.5 Å². The molecule has 5 aromatic carbocycles. The van der Waals surface area contributed by atoms with Crippen molar-refractivity contribution in [2.24, 2.45) is 0 Å². The van der Waals surface area contributed by atoms with Gasteiger partial charge in [-0.25, -0.2) is 19.2 Å². The Morgan fingerprint density at radius 3 is 0.848 bits per heavy atom. The van der Waals surface area contributed by atoms with Gasteiger partial charge in [-0.05, 0) is 60.7 Å². The van der Waals surface area contributed by atoms with Crippen molar-refractivity contribution in [3.05, 3.63) is 144 Å². The SMILES string of the molecule is O=C(O)c1ccc(P(Oc2cccc(OP(c3ccc(C(=O)O)cc3)c3ccc(C(=O)O)cc3)c2)c2ccc(C(=O)O)cc2)cc1. The summed E-state index contributed by atoms with van der Waals surface area (Å²) in [6.45, 7) is 0. The number of rotatable bonds is 12. The Morgan fingerprint density at radius 1 is 0.391 bits per heavy atom. The highest BCUT2D eigenvalue weighted by molar-refractivity contribution is 7.69. The van der Waals surface area contributed by atoms with E-state index in [2.05, 4.69) is 0 Å². The van der Waals surface area contributed by atoms with Crippen molar-refractivity contribution in [2.75, 3.05) is 0 Å². The first-order valence-electron chi connectivity index (χ1n) is 13.5. The fraction of sp³-hybridized carbons (Fsp3) is 0. The van der Waals surface area contributed by atoms with Crippen LogP contribution in [0.5, 0.6) is 11.5 Å². The van der Waals surface area contributed by atoms with Crippen molar-refractivity contribution in [3.8, 4) is 11.5 Å². The highest BCUT2D eigenvalue weighted by Crippen LogP contribution is 2.41. The highest BCUT2D eigenvalue weighted by Gasteiger charge is 2.22. The van der Waals surface area contributed by atoms with Crippen molar-refractivity contribution in [3.63, 3.8) is 0 Å². The summed E-state index contributed by atoms with van der Waals surface area (Å²) in [4.78, 5) is 45.7. The molecule has 0 saturated carbocycles. The molecule has 12 heteroatoms. The molecule has 0 aliphatic rings. The zero-order valence-corrected chi connectivity index (χ0v) is 25.5. The predicted octanol–water partition coefficient (Wildman–Crippen LogP) is 5.33. The standard InChI is InChI=1S/C34H24O10P2/c35-31(36)21-4-12-27(13-5-21)45(28-14-6-22(7-15-28)32(37)38)43-25-2-1-3-26(20-25)44-46(29-16-8-23(9-17-29)33(39)40)30-18-10-24(11-19-30)34(41)42/h1-20H,(H,35,36)(H,37,38)(H,39,40)(H,41,42). The number of aromatic carboxylic acids is 4. The zero-order valence-electron chi connectivity index (χ0n) is 23.7. The van der Waals surface area contributed by atoms with Crippen LogP contribution in [0.15, 0.2) is 121 Å². The molecular weight excluding hydrogens is 630 g/mol. The molecule has 0 heterocycles. The van der Waals surface area contributed by atoms with Gasteiger partial charge in [-0.2, -0.15) is 0 Å². The number of carboxylic acid groups (broad SMARTS) is 4. The van der Waals surface area contributed by atoms with Gasteiger partial charge in [0.1, 0.15) is 11.5 Å². The summed E-state index contributed by atoms with van der Waals surface area (Å²) < 4.78 is 12.9. The van der Waals surface area contributed by atoms with E-state index in [1.54, 1.807) is 72.8 Å². The van der Waals surface area contributed by atoms with Gasteiger partial charge in [0.05, 0.1) is 22.3 Å². The average molecular weight is 655 g/mol. The van der Waals surface area contributed by atoms with Gasteiger partial charge >= 0.3 is 23.9 Å². The number of carbonyl (C=O) groups is 4. The van der Waals surface area contributed by atoms with Gasteiger partial charge in [0.2, 0.25) is 0 Å². The molecule has 0 amide bonds. The Bertz CT molecular complexity index is 1640. The van der Waals surface area contributed by atoms with Gasteiger partial charge in [0.25, 0.3) is 0 Å². The molecule has 4 N–H and O–H groups in total. The summed E-state index contributed by atoms with van der Waals surface area (Å²) in [7, 11) is -3.16. The van der Waals surface area contributed by atoms with Gasteiger partial charge in [0, 0.05) is 27.3 Å². The molecule has 0 saturated heterocycles. The van der Waals surface area contributed by atoms with Crippen molar-refractivity contribution >= 4 is 61.4 Å². The average Bonchev–Trinajstić information content (AvgIpc) is 3.06. The Morgan fingerprint density at radius 2 is 0.630 bits per heavy atom. The van der Waals surface area contributed by atoms with Crippen LogP contribution in [0, 0.1) is 0 Å². The van der Waals surface area contributed by atoms with E-state index in [4.69, 9.17) is 9.05 Å². The van der Waals surface area contributed by atoms with E-state index in [0.29, 0.717) is 32.7 Å². The molecule has 10 nitrogen and oxygen atoms in total. The quantitative estimate of drug-likeness (QED) is 0.129. The number of hydrogen-bond acceptors (Lipinski definition) is 6. The van der Waals surface area contributed by atoms with Gasteiger partial charge in [-0.1, -0.05) is 54.6 Å². The van der Waals surface area contributed by atoms with Crippen molar-refractivity contribution in [2.45, 2.75) is 0 Å². The first-order chi connectivity index (χ1) is 22.1. The first-order valence-corrected chi connectivity index (χ1v) is 16.0. The highest BCUT2D eigenvalue weighted by atomic mass is 31.1. The first kappa shape index (κ1) is 31.9. The van der Waals surface area contributed by atoms with Crippen molar-refractivity contribution in [1.82, 2.24) is 0 Å². The minimum atomic E-state index is -1.58. The molecule has 0 aliphatic heterocycles. The van der Waals surface area contributed by atoms with Crippen LogP contribution in [0.4, 0.5) is 0 Å². The van der Waals surface area contributed by atoms with E-state index >= 15 is 0 Å². The number of carboxylic acids is 4. The number of benzene rings is 5. The molecule has 5 aromatic rings. The minimum absolute atomic E-state index is 0.108. The Hall–Kier alpha value is -5.56. The second kappa shape index (κ2) is 14.0. The van der Waals surface area contributed by atoms with Crippen LogP contribution >= 0.6 is 16.3 Å². The topological polar surface area (TPSA) is 168 Å². The van der Waals surface area contributed by atoms with Gasteiger partial charge in [0.15, 0.2) is 16.3 Å². The third-order valence-electron chi connectivity index (χ3n) is 6.59. The lowest BCUT2D eigenvalue weighted by molar-refractivity contribution is 0.0686. The Balaban J connectivity index is 1.48. The molecule has 230 valence electrons. The van der Waals surface area contributed by atoms with Gasteiger partial charge < -0.3 is 29.5 Å². The van der Waals surface area contributed by atoms with Crippen LogP contribution in [0.1, 0.15) is 41.4 Å². The summed E-state index contributed by atoms with van der Waals surface area (Å²) >= 11 is 0. The third-order valence-corrected chi connectivity index (χ3v) is 10.4. The maximum absolute atomic E-state index is 11.4. The van der Waals surface area contributed by atoms with Crippen LogP contribution in [-0.2, 0) is 0 Å².